The van der Waals surface area contributed by atoms with Gasteiger partial charge in [0, 0.05) is 12.1 Å². The van der Waals surface area contributed by atoms with E-state index in [9.17, 15) is 14.3 Å². The van der Waals surface area contributed by atoms with Crippen LogP contribution >= 0.6 is 0 Å². The highest BCUT2D eigenvalue weighted by Crippen LogP contribution is 2.18. The normalized spacial score (nSPS) is 13.2. The van der Waals surface area contributed by atoms with Crippen LogP contribution in [-0.2, 0) is 6.42 Å². The second-order valence-electron chi connectivity index (χ2n) is 6.01. The minimum Gasteiger partial charge on any atom is -0.494 e. The van der Waals surface area contributed by atoms with Crippen molar-refractivity contribution in [2.75, 3.05) is 13.7 Å². The lowest BCUT2D eigenvalue weighted by molar-refractivity contribution is 0.0478. The Morgan fingerprint density at radius 1 is 1.25 bits per heavy atom. The third-order valence-corrected chi connectivity index (χ3v) is 3.84. The summed E-state index contributed by atoms with van der Waals surface area (Å²) in [5.74, 6) is -0.945. The molecule has 2 aromatic carbocycles. The molecule has 0 radical (unpaired) electrons. The molecule has 1 atom stereocenters. The Hall–Kier alpha value is -2.40. The van der Waals surface area contributed by atoms with Crippen LogP contribution in [0.4, 0.5) is 4.39 Å². The van der Waals surface area contributed by atoms with Crippen molar-refractivity contribution in [2.24, 2.45) is 0 Å². The summed E-state index contributed by atoms with van der Waals surface area (Å²) < 4.78 is 18.5. The van der Waals surface area contributed by atoms with Crippen molar-refractivity contribution < 1.29 is 19.0 Å². The summed E-state index contributed by atoms with van der Waals surface area (Å²) in [7, 11) is 1.36. The van der Waals surface area contributed by atoms with Crippen molar-refractivity contribution in [3.8, 4) is 5.75 Å². The minimum absolute atomic E-state index is 0.0846. The zero-order valence-electron chi connectivity index (χ0n) is 13.9. The molecule has 5 heteroatoms. The molecule has 0 aliphatic rings. The molecule has 0 saturated heterocycles. The van der Waals surface area contributed by atoms with Gasteiger partial charge in [0.05, 0.1) is 12.7 Å². The number of aryl methyl sites for hydroxylation is 1. The maximum atomic E-state index is 13.6. The molecule has 1 unspecified atom stereocenters. The summed E-state index contributed by atoms with van der Waals surface area (Å²) >= 11 is 0. The number of carbonyl (C=O) groups excluding carboxylic acids is 1. The summed E-state index contributed by atoms with van der Waals surface area (Å²) in [6.07, 6.45) is 1.22. The van der Waals surface area contributed by atoms with E-state index in [0.29, 0.717) is 12.8 Å². The van der Waals surface area contributed by atoms with Gasteiger partial charge in [0.25, 0.3) is 5.91 Å². The van der Waals surface area contributed by atoms with Gasteiger partial charge in [0.15, 0.2) is 11.6 Å². The molecule has 0 heterocycles. The minimum atomic E-state index is -1.05. The number of hydrogen-bond acceptors (Lipinski definition) is 3. The summed E-state index contributed by atoms with van der Waals surface area (Å²) in [6, 6.07) is 13.8. The van der Waals surface area contributed by atoms with E-state index in [2.05, 4.69) is 5.32 Å². The van der Waals surface area contributed by atoms with Crippen LogP contribution in [0.3, 0.4) is 0 Å². The fourth-order valence-electron chi connectivity index (χ4n) is 2.33. The second-order valence-corrected chi connectivity index (χ2v) is 6.01. The number of benzene rings is 2. The Balaban J connectivity index is 1.88. The van der Waals surface area contributed by atoms with Gasteiger partial charge in [-0.3, -0.25) is 4.79 Å². The highest BCUT2D eigenvalue weighted by molar-refractivity contribution is 5.94. The van der Waals surface area contributed by atoms with Crippen LogP contribution in [0.2, 0.25) is 0 Å². The maximum Gasteiger partial charge on any atom is 0.251 e. The summed E-state index contributed by atoms with van der Waals surface area (Å²) in [5.41, 5.74) is 0.268. The monoisotopic (exact) mass is 331 g/mol. The molecular formula is C19H22FNO3. The molecule has 0 aliphatic heterocycles. The van der Waals surface area contributed by atoms with Crippen LogP contribution < -0.4 is 10.1 Å². The topological polar surface area (TPSA) is 58.6 Å². The van der Waals surface area contributed by atoms with Crippen LogP contribution in [0.1, 0.15) is 29.3 Å². The van der Waals surface area contributed by atoms with Gasteiger partial charge in [-0.25, -0.2) is 4.39 Å². The van der Waals surface area contributed by atoms with Crippen molar-refractivity contribution >= 4 is 5.91 Å². The molecule has 0 spiro atoms. The molecule has 0 aliphatic carbocycles. The van der Waals surface area contributed by atoms with Crippen molar-refractivity contribution in [1.82, 2.24) is 5.32 Å². The van der Waals surface area contributed by atoms with Gasteiger partial charge in [0.1, 0.15) is 0 Å². The van der Waals surface area contributed by atoms with E-state index in [1.165, 1.54) is 19.2 Å². The van der Waals surface area contributed by atoms with E-state index in [1.807, 2.05) is 30.3 Å². The maximum absolute atomic E-state index is 13.6. The molecule has 24 heavy (non-hydrogen) atoms. The van der Waals surface area contributed by atoms with Crippen molar-refractivity contribution in [1.29, 1.82) is 0 Å². The van der Waals surface area contributed by atoms with Gasteiger partial charge in [-0.15, -0.1) is 0 Å². The molecule has 2 aromatic rings. The number of hydrogen-bond donors (Lipinski definition) is 2. The van der Waals surface area contributed by atoms with E-state index in [4.69, 9.17) is 4.74 Å². The van der Waals surface area contributed by atoms with Crippen molar-refractivity contribution in [3.63, 3.8) is 0 Å². The van der Waals surface area contributed by atoms with E-state index in [-0.39, 0.29) is 17.9 Å². The molecule has 4 nitrogen and oxygen atoms in total. The first-order valence-electron chi connectivity index (χ1n) is 7.79. The van der Waals surface area contributed by atoms with E-state index >= 15 is 0 Å². The van der Waals surface area contributed by atoms with E-state index < -0.39 is 17.3 Å². The van der Waals surface area contributed by atoms with Crippen LogP contribution in [-0.4, -0.2) is 30.3 Å². The number of rotatable bonds is 7. The van der Waals surface area contributed by atoms with Gasteiger partial charge in [-0.05, 0) is 43.5 Å². The van der Waals surface area contributed by atoms with Crippen LogP contribution in [0, 0.1) is 5.82 Å². The first kappa shape index (κ1) is 17.9. The predicted octanol–water partition coefficient (Wildman–Crippen LogP) is 2.95. The molecule has 0 fully saturated rings. The summed E-state index contributed by atoms with van der Waals surface area (Å²) in [4.78, 5) is 12.1. The highest BCUT2D eigenvalue weighted by Gasteiger charge is 2.21. The average molecular weight is 331 g/mol. The zero-order chi connectivity index (χ0) is 17.6. The Labute approximate surface area is 141 Å². The zero-order valence-corrected chi connectivity index (χ0v) is 13.9. The Kier molecular flexibility index (Phi) is 5.93. The van der Waals surface area contributed by atoms with Crippen LogP contribution in [0.5, 0.6) is 5.75 Å². The molecule has 128 valence electrons. The fourth-order valence-corrected chi connectivity index (χ4v) is 2.33. The lowest BCUT2D eigenvalue weighted by Crippen LogP contribution is -2.41. The smallest absolute Gasteiger partial charge is 0.251 e. The third kappa shape index (κ3) is 5.06. The fraction of sp³-hybridized carbons (Fsp3) is 0.316. The Morgan fingerprint density at radius 3 is 2.58 bits per heavy atom. The SMILES string of the molecule is COc1ccc(C(=O)NCC(C)(O)CCc2ccccc2)cc1F. The second kappa shape index (κ2) is 7.93. The molecule has 2 N–H and O–H groups in total. The summed E-state index contributed by atoms with van der Waals surface area (Å²) in [5, 5.41) is 13.0. The lowest BCUT2D eigenvalue weighted by atomic mass is 9.96. The number of amides is 1. The van der Waals surface area contributed by atoms with Gasteiger partial charge >= 0.3 is 0 Å². The number of halogens is 1. The lowest BCUT2D eigenvalue weighted by Gasteiger charge is -2.23. The van der Waals surface area contributed by atoms with Gasteiger partial charge in [-0.1, -0.05) is 30.3 Å². The largest absolute Gasteiger partial charge is 0.494 e. The standard InChI is InChI=1S/C19H22FNO3/c1-19(23,11-10-14-6-4-3-5-7-14)13-21-18(22)15-8-9-17(24-2)16(20)12-15/h3-9,12,23H,10-11,13H2,1-2H3,(H,21,22). The Bertz CT molecular complexity index is 686. The van der Waals surface area contributed by atoms with Gasteiger partial charge in [0.2, 0.25) is 0 Å². The number of aliphatic hydroxyl groups is 1. The van der Waals surface area contributed by atoms with Crippen molar-refractivity contribution in [3.05, 3.63) is 65.5 Å². The van der Waals surface area contributed by atoms with Crippen LogP contribution in [0.25, 0.3) is 0 Å². The molecule has 0 saturated carbocycles. The molecular weight excluding hydrogens is 309 g/mol. The molecule has 2 rings (SSSR count). The molecule has 0 bridgehead atoms. The predicted molar refractivity (Wildman–Crippen MR) is 90.7 cm³/mol. The van der Waals surface area contributed by atoms with Gasteiger partial charge in [-0.2, -0.15) is 0 Å². The Morgan fingerprint density at radius 2 is 1.96 bits per heavy atom. The average Bonchev–Trinajstić information content (AvgIpc) is 2.59. The number of ether oxygens (including phenoxy) is 1. The van der Waals surface area contributed by atoms with Gasteiger partial charge < -0.3 is 15.2 Å². The van der Waals surface area contributed by atoms with E-state index in [1.54, 1.807) is 6.92 Å². The first-order chi connectivity index (χ1) is 11.4. The van der Waals surface area contributed by atoms with Crippen LogP contribution in [0.15, 0.2) is 48.5 Å². The number of nitrogens with one attached hydrogen (secondary N) is 1. The highest BCUT2D eigenvalue weighted by atomic mass is 19.1. The molecule has 0 aromatic heterocycles. The number of methoxy groups -OCH3 is 1. The number of carbonyl (C=O) groups is 1. The third-order valence-electron chi connectivity index (χ3n) is 3.84. The summed E-state index contributed by atoms with van der Waals surface area (Å²) in [6.45, 7) is 1.76. The first-order valence-corrected chi connectivity index (χ1v) is 7.79. The molecule has 1 amide bonds. The van der Waals surface area contributed by atoms with Crippen molar-refractivity contribution in [2.45, 2.75) is 25.4 Å². The quantitative estimate of drug-likeness (QED) is 0.820. The van der Waals surface area contributed by atoms with E-state index in [0.717, 1.165) is 11.6 Å².